The zero-order valence-electron chi connectivity index (χ0n) is 20.8. The molecule has 0 radical (unpaired) electrons. The van der Waals surface area contributed by atoms with Gasteiger partial charge in [0.1, 0.15) is 12.2 Å². The SMILES string of the molecule is CCC(=O)CO[C@@H](CC)C[C@@H](CC)COC(c1ccccc1)(c1ccccc1)c1ccccc1. The van der Waals surface area contributed by atoms with Gasteiger partial charge < -0.3 is 9.47 Å². The molecule has 0 fully saturated rings. The lowest BCUT2D eigenvalue weighted by Crippen LogP contribution is -2.35. The minimum absolute atomic E-state index is 0.0589. The van der Waals surface area contributed by atoms with Gasteiger partial charge in [-0.3, -0.25) is 4.79 Å². The number of rotatable bonds is 14. The Balaban J connectivity index is 1.92. The van der Waals surface area contributed by atoms with E-state index < -0.39 is 5.60 Å². The van der Waals surface area contributed by atoms with Crippen LogP contribution in [0.15, 0.2) is 91.0 Å². The van der Waals surface area contributed by atoms with Gasteiger partial charge in [-0.1, -0.05) is 118 Å². The van der Waals surface area contributed by atoms with Gasteiger partial charge in [0.2, 0.25) is 0 Å². The van der Waals surface area contributed by atoms with Crippen LogP contribution in [0.4, 0.5) is 0 Å². The molecular weight excluding hydrogens is 420 g/mol. The van der Waals surface area contributed by atoms with Crippen molar-refractivity contribution in [1.82, 2.24) is 0 Å². The molecule has 0 saturated carbocycles. The maximum atomic E-state index is 11.8. The number of hydrogen-bond donors (Lipinski definition) is 0. The maximum Gasteiger partial charge on any atom is 0.158 e. The highest BCUT2D eigenvalue weighted by Gasteiger charge is 2.38. The first-order valence-electron chi connectivity index (χ1n) is 12.6. The molecule has 3 nitrogen and oxygen atoms in total. The maximum absolute atomic E-state index is 11.8. The Bertz CT molecular complexity index is 873. The number of ether oxygens (including phenoxy) is 2. The fourth-order valence-electron chi connectivity index (χ4n) is 4.40. The van der Waals surface area contributed by atoms with Gasteiger partial charge in [0.05, 0.1) is 12.7 Å². The van der Waals surface area contributed by atoms with Crippen LogP contribution < -0.4 is 0 Å². The first-order chi connectivity index (χ1) is 16.6. The molecule has 0 spiro atoms. The highest BCUT2D eigenvalue weighted by Crippen LogP contribution is 2.41. The lowest BCUT2D eigenvalue weighted by molar-refractivity contribution is -0.126. The van der Waals surface area contributed by atoms with Gasteiger partial charge in [0.15, 0.2) is 5.78 Å². The first-order valence-corrected chi connectivity index (χ1v) is 12.6. The van der Waals surface area contributed by atoms with Crippen molar-refractivity contribution in [2.24, 2.45) is 5.92 Å². The Morgan fingerprint density at radius 2 is 1.21 bits per heavy atom. The quantitative estimate of drug-likeness (QED) is 0.240. The van der Waals surface area contributed by atoms with Gasteiger partial charge in [-0.25, -0.2) is 0 Å². The summed E-state index contributed by atoms with van der Waals surface area (Å²) in [7, 11) is 0. The van der Waals surface area contributed by atoms with Gasteiger partial charge in [0.25, 0.3) is 0 Å². The second kappa shape index (κ2) is 13.2. The normalized spacial score (nSPS) is 13.4. The minimum atomic E-state index is -0.710. The van der Waals surface area contributed by atoms with Crippen LogP contribution in [0.25, 0.3) is 0 Å². The molecule has 0 saturated heterocycles. The van der Waals surface area contributed by atoms with E-state index in [4.69, 9.17) is 9.47 Å². The Hall–Kier alpha value is -2.75. The molecular formula is C31H38O3. The fraction of sp³-hybridized carbons (Fsp3) is 0.387. The third kappa shape index (κ3) is 6.43. The van der Waals surface area contributed by atoms with Crippen molar-refractivity contribution in [2.45, 2.75) is 58.2 Å². The molecule has 0 heterocycles. The average molecular weight is 459 g/mol. The molecule has 0 unspecified atom stereocenters. The predicted molar refractivity (Wildman–Crippen MR) is 139 cm³/mol. The lowest BCUT2D eigenvalue weighted by atomic mass is 9.80. The van der Waals surface area contributed by atoms with Crippen LogP contribution >= 0.6 is 0 Å². The van der Waals surface area contributed by atoms with E-state index in [2.05, 4.69) is 86.6 Å². The molecule has 0 bridgehead atoms. The highest BCUT2D eigenvalue weighted by molar-refractivity contribution is 5.79. The number of ketones is 1. The van der Waals surface area contributed by atoms with Crippen LogP contribution in [0.2, 0.25) is 0 Å². The number of Topliss-reactive ketones (excluding diaryl/α,β-unsaturated/α-hetero) is 1. The largest absolute Gasteiger partial charge is 0.370 e. The molecule has 0 amide bonds. The Morgan fingerprint density at radius 3 is 1.59 bits per heavy atom. The summed E-state index contributed by atoms with van der Waals surface area (Å²) in [6.45, 7) is 7.00. The third-order valence-corrected chi connectivity index (χ3v) is 6.58. The molecule has 34 heavy (non-hydrogen) atoms. The van der Waals surface area contributed by atoms with Crippen molar-refractivity contribution < 1.29 is 14.3 Å². The van der Waals surface area contributed by atoms with Crippen molar-refractivity contribution in [3.05, 3.63) is 108 Å². The van der Waals surface area contributed by atoms with Crippen LogP contribution in [-0.4, -0.2) is 25.1 Å². The fourth-order valence-corrected chi connectivity index (χ4v) is 4.40. The van der Waals surface area contributed by atoms with Gasteiger partial charge in [-0.15, -0.1) is 0 Å². The van der Waals surface area contributed by atoms with Crippen LogP contribution in [0, 0.1) is 5.92 Å². The average Bonchev–Trinajstić information content (AvgIpc) is 2.91. The van der Waals surface area contributed by atoms with Crippen molar-refractivity contribution in [1.29, 1.82) is 0 Å². The van der Waals surface area contributed by atoms with Crippen LogP contribution in [0.1, 0.15) is 63.1 Å². The summed E-state index contributed by atoms with van der Waals surface area (Å²) in [4.78, 5) is 11.8. The standard InChI is InChI=1S/C31H38O3/c1-4-25(22-30(6-3)33-24-29(32)5-2)23-34-31(26-16-10-7-11-17-26,27-18-12-8-13-19-27)28-20-14-9-15-21-28/h7-21,25,30H,4-6,22-24H2,1-3H3/t25-,30+/m1/s1. The molecule has 3 rings (SSSR count). The Morgan fingerprint density at radius 1 is 0.735 bits per heavy atom. The number of carbonyl (C=O) groups excluding carboxylic acids is 1. The summed E-state index contributed by atoms with van der Waals surface area (Å²) in [6.07, 6.45) is 3.32. The van der Waals surface area contributed by atoms with E-state index in [1.165, 1.54) is 0 Å². The summed E-state index contributed by atoms with van der Waals surface area (Å²) in [5.41, 5.74) is 2.62. The van der Waals surface area contributed by atoms with Gasteiger partial charge in [-0.2, -0.15) is 0 Å². The Labute approximate surface area is 205 Å². The summed E-state index contributed by atoms with van der Waals surface area (Å²) in [6, 6.07) is 31.4. The molecule has 0 aliphatic carbocycles. The molecule has 3 aromatic rings. The smallest absolute Gasteiger partial charge is 0.158 e. The highest BCUT2D eigenvalue weighted by atomic mass is 16.5. The van der Waals surface area contributed by atoms with Crippen molar-refractivity contribution >= 4 is 5.78 Å². The minimum Gasteiger partial charge on any atom is -0.370 e. The van der Waals surface area contributed by atoms with E-state index in [1.807, 2.05) is 25.1 Å². The number of benzene rings is 3. The van der Waals surface area contributed by atoms with Crippen molar-refractivity contribution in [3.63, 3.8) is 0 Å². The Kier molecular flexibility index (Phi) is 10.1. The van der Waals surface area contributed by atoms with E-state index in [-0.39, 0.29) is 18.5 Å². The molecule has 0 N–H and O–H groups in total. The monoisotopic (exact) mass is 458 g/mol. The lowest BCUT2D eigenvalue weighted by Gasteiger charge is -2.37. The molecule has 2 atom stereocenters. The summed E-state index contributed by atoms with van der Waals surface area (Å²) in [5, 5.41) is 0. The second-order valence-electron chi connectivity index (χ2n) is 8.83. The van der Waals surface area contributed by atoms with Crippen LogP contribution in [0.3, 0.4) is 0 Å². The third-order valence-electron chi connectivity index (χ3n) is 6.58. The van der Waals surface area contributed by atoms with Crippen LogP contribution in [0.5, 0.6) is 0 Å². The van der Waals surface area contributed by atoms with Gasteiger partial charge >= 0.3 is 0 Å². The zero-order chi connectivity index (χ0) is 24.2. The van der Waals surface area contributed by atoms with Crippen molar-refractivity contribution in [3.8, 4) is 0 Å². The van der Waals surface area contributed by atoms with E-state index in [9.17, 15) is 4.79 Å². The number of carbonyl (C=O) groups is 1. The van der Waals surface area contributed by atoms with Gasteiger partial charge in [-0.05, 0) is 35.4 Å². The molecule has 0 aromatic heterocycles. The zero-order valence-corrected chi connectivity index (χ0v) is 20.8. The topological polar surface area (TPSA) is 35.5 Å². The first kappa shape index (κ1) is 25.9. The van der Waals surface area contributed by atoms with E-state index in [0.29, 0.717) is 18.9 Å². The van der Waals surface area contributed by atoms with Crippen molar-refractivity contribution in [2.75, 3.05) is 13.2 Å². The summed E-state index contributed by atoms with van der Waals surface area (Å²) < 4.78 is 13.0. The summed E-state index contributed by atoms with van der Waals surface area (Å²) in [5.74, 6) is 0.469. The van der Waals surface area contributed by atoms with Crippen LogP contribution in [-0.2, 0) is 19.9 Å². The van der Waals surface area contributed by atoms with Gasteiger partial charge in [0, 0.05) is 6.42 Å². The predicted octanol–water partition coefficient (Wildman–Crippen LogP) is 7.19. The molecule has 180 valence electrons. The van der Waals surface area contributed by atoms with E-state index in [0.717, 1.165) is 36.0 Å². The molecule has 3 aromatic carbocycles. The molecule has 0 aliphatic heterocycles. The van der Waals surface area contributed by atoms with E-state index in [1.54, 1.807) is 0 Å². The number of hydrogen-bond acceptors (Lipinski definition) is 3. The molecule has 3 heteroatoms. The van der Waals surface area contributed by atoms with E-state index >= 15 is 0 Å². The molecule has 0 aliphatic rings. The summed E-state index contributed by atoms with van der Waals surface area (Å²) >= 11 is 0. The second-order valence-corrected chi connectivity index (χ2v) is 8.83.